The maximum Gasteiger partial charge on any atom is 0.241 e. The average Bonchev–Trinajstić information content (AvgIpc) is 2.35. The molecule has 0 radical (unpaired) electrons. The van der Waals surface area contributed by atoms with Crippen molar-refractivity contribution >= 4 is 31.9 Å². The molecule has 20 heavy (non-hydrogen) atoms. The molecule has 0 unspecified atom stereocenters. The zero-order chi connectivity index (χ0) is 15.2. The Kier molecular flexibility index (Phi) is 6.57. The van der Waals surface area contributed by atoms with Crippen LogP contribution in [0.2, 0.25) is 0 Å². The molecule has 8 heteroatoms. The summed E-state index contributed by atoms with van der Waals surface area (Å²) in [6.45, 7) is 2.48. The number of hydrogen-bond donors (Lipinski definition) is 2. The average molecular weight is 367 g/mol. The molecule has 1 aromatic carbocycles. The molecule has 2 N–H and O–H groups in total. The topological polar surface area (TPSA) is 75.3 Å². The number of amides is 1. The summed E-state index contributed by atoms with van der Waals surface area (Å²) in [5.74, 6) is -0.748. The Morgan fingerprint density at radius 3 is 2.65 bits per heavy atom. The van der Waals surface area contributed by atoms with Crippen molar-refractivity contribution < 1.29 is 17.6 Å². The van der Waals surface area contributed by atoms with Crippen LogP contribution in [0.4, 0.5) is 4.39 Å². The summed E-state index contributed by atoms with van der Waals surface area (Å²) in [7, 11) is -3.77. The molecule has 0 aliphatic heterocycles. The lowest BCUT2D eigenvalue weighted by molar-refractivity contribution is -0.120. The Morgan fingerprint density at radius 2 is 2.05 bits per heavy atom. The van der Waals surface area contributed by atoms with Crippen molar-refractivity contribution in [3.63, 3.8) is 0 Å². The molecule has 5 nitrogen and oxygen atoms in total. The number of benzene rings is 1. The highest BCUT2D eigenvalue weighted by molar-refractivity contribution is 9.10. The van der Waals surface area contributed by atoms with E-state index in [9.17, 15) is 17.6 Å². The zero-order valence-electron chi connectivity index (χ0n) is 10.9. The van der Waals surface area contributed by atoms with Crippen molar-refractivity contribution in [2.75, 3.05) is 13.1 Å². The lowest BCUT2D eigenvalue weighted by Crippen LogP contribution is -2.31. The third kappa shape index (κ3) is 5.18. The Bertz CT molecular complexity index is 578. The summed E-state index contributed by atoms with van der Waals surface area (Å²) in [5, 5.41) is 2.64. The monoisotopic (exact) mass is 366 g/mol. The molecule has 0 fully saturated rings. The van der Waals surface area contributed by atoms with E-state index in [0.717, 1.165) is 18.6 Å². The molecule has 1 amide bonds. The molecule has 0 saturated heterocycles. The number of sulfonamides is 1. The fourth-order valence-electron chi connectivity index (χ4n) is 1.42. The van der Waals surface area contributed by atoms with Gasteiger partial charge in [0.25, 0.3) is 0 Å². The van der Waals surface area contributed by atoms with Crippen LogP contribution in [0.3, 0.4) is 0 Å². The van der Waals surface area contributed by atoms with Gasteiger partial charge in [-0.25, -0.2) is 17.5 Å². The van der Waals surface area contributed by atoms with Crippen molar-refractivity contribution in [1.29, 1.82) is 0 Å². The number of carbonyl (C=O) groups is 1. The van der Waals surface area contributed by atoms with Crippen LogP contribution in [-0.2, 0) is 14.8 Å². The van der Waals surface area contributed by atoms with Gasteiger partial charge >= 0.3 is 0 Å². The van der Waals surface area contributed by atoms with E-state index in [1.165, 1.54) is 6.07 Å². The van der Waals surface area contributed by atoms with Gasteiger partial charge in [-0.3, -0.25) is 4.79 Å². The minimum Gasteiger partial charge on any atom is -0.356 e. The van der Waals surface area contributed by atoms with E-state index in [2.05, 4.69) is 26.0 Å². The predicted octanol–water partition coefficient (Wildman–Crippen LogP) is 1.78. The van der Waals surface area contributed by atoms with E-state index in [0.29, 0.717) is 6.54 Å². The van der Waals surface area contributed by atoms with Gasteiger partial charge in [-0.05, 0) is 40.5 Å². The zero-order valence-corrected chi connectivity index (χ0v) is 13.4. The van der Waals surface area contributed by atoms with Gasteiger partial charge in [0.15, 0.2) is 0 Å². The summed E-state index contributed by atoms with van der Waals surface area (Å²) in [6, 6.07) is 3.30. The highest BCUT2D eigenvalue weighted by atomic mass is 79.9. The highest BCUT2D eigenvalue weighted by Crippen LogP contribution is 2.22. The van der Waals surface area contributed by atoms with Gasteiger partial charge in [-0.2, -0.15) is 0 Å². The van der Waals surface area contributed by atoms with Gasteiger partial charge in [0.2, 0.25) is 15.9 Å². The third-order valence-electron chi connectivity index (χ3n) is 2.40. The maximum absolute atomic E-state index is 12.9. The molecule has 0 aromatic heterocycles. The molecule has 0 aliphatic carbocycles. The number of nitrogens with one attached hydrogen (secondary N) is 2. The van der Waals surface area contributed by atoms with Gasteiger partial charge < -0.3 is 5.32 Å². The molecule has 0 heterocycles. The first-order chi connectivity index (χ1) is 9.36. The summed E-state index contributed by atoms with van der Waals surface area (Å²) < 4.78 is 39.3. The first kappa shape index (κ1) is 17.1. The predicted molar refractivity (Wildman–Crippen MR) is 77.2 cm³/mol. The molecular formula is C12H16BrFN2O3S. The van der Waals surface area contributed by atoms with Crippen LogP contribution in [0, 0.1) is 5.82 Å². The first-order valence-corrected chi connectivity index (χ1v) is 8.36. The van der Waals surface area contributed by atoms with Crippen LogP contribution in [0.25, 0.3) is 0 Å². The molecule has 1 rings (SSSR count). The first-order valence-electron chi connectivity index (χ1n) is 6.08. The van der Waals surface area contributed by atoms with Crippen LogP contribution in [0.15, 0.2) is 27.6 Å². The van der Waals surface area contributed by atoms with Crippen LogP contribution >= 0.6 is 15.9 Å². The minimum absolute atomic E-state index is 0.0122. The maximum atomic E-state index is 12.9. The fraction of sp³-hybridized carbons (Fsp3) is 0.417. The summed E-state index contributed by atoms with van der Waals surface area (Å²) in [5.41, 5.74) is 0. The largest absolute Gasteiger partial charge is 0.356 e. The summed E-state index contributed by atoms with van der Waals surface area (Å²) in [6.07, 6.45) is 0.873. The SMILES string of the molecule is CCCNC(=O)CCNS(=O)(=O)c1ccc(F)cc1Br. The van der Waals surface area contributed by atoms with Crippen LogP contribution < -0.4 is 10.0 Å². The molecule has 112 valence electrons. The Hall–Kier alpha value is -0.990. The lowest BCUT2D eigenvalue weighted by Gasteiger charge is -2.08. The van der Waals surface area contributed by atoms with E-state index in [1.807, 2.05) is 6.92 Å². The van der Waals surface area contributed by atoms with Crippen molar-refractivity contribution in [2.45, 2.75) is 24.7 Å². The van der Waals surface area contributed by atoms with E-state index in [1.54, 1.807) is 0 Å². The Morgan fingerprint density at radius 1 is 1.35 bits per heavy atom. The van der Waals surface area contributed by atoms with E-state index in [-0.39, 0.29) is 28.2 Å². The standard InChI is InChI=1S/C12H16BrFN2O3S/c1-2-6-15-12(17)5-7-16-20(18,19)11-4-3-9(14)8-10(11)13/h3-4,8,16H,2,5-7H2,1H3,(H,15,17). The van der Waals surface area contributed by atoms with Crippen LogP contribution in [0.1, 0.15) is 19.8 Å². The number of hydrogen-bond acceptors (Lipinski definition) is 3. The van der Waals surface area contributed by atoms with Gasteiger partial charge in [-0.1, -0.05) is 6.92 Å². The molecule has 1 aromatic rings. The van der Waals surface area contributed by atoms with Crippen molar-refractivity contribution in [3.8, 4) is 0 Å². The quantitative estimate of drug-likeness (QED) is 0.772. The highest BCUT2D eigenvalue weighted by Gasteiger charge is 2.17. The number of carbonyl (C=O) groups excluding carboxylic acids is 1. The van der Waals surface area contributed by atoms with E-state index >= 15 is 0 Å². The fourth-order valence-corrected chi connectivity index (χ4v) is 3.50. The molecular weight excluding hydrogens is 351 g/mol. The van der Waals surface area contributed by atoms with Crippen molar-refractivity contribution in [3.05, 3.63) is 28.5 Å². The van der Waals surface area contributed by atoms with Crippen LogP contribution in [-0.4, -0.2) is 27.4 Å². The van der Waals surface area contributed by atoms with Gasteiger partial charge in [0.1, 0.15) is 5.82 Å². The summed E-state index contributed by atoms with van der Waals surface area (Å²) in [4.78, 5) is 11.3. The van der Waals surface area contributed by atoms with Gasteiger partial charge in [-0.15, -0.1) is 0 Å². The van der Waals surface area contributed by atoms with Gasteiger partial charge in [0.05, 0.1) is 4.90 Å². The Balaban J connectivity index is 2.60. The summed E-state index contributed by atoms with van der Waals surface area (Å²) >= 11 is 3.00. The number of rotatable bonds is 7. The van der Waals surface area contributed by atoms with E-state index < -0.39 is 15.8 Å². The second kappa shape index (κ2) is 7.70. The second-order valence-corrected chi connectivity index (χ2v) is 6.66. The molecule has 0 saturated carbocycles. The van der Waals surface area contributed by atoms with Gasteiger partial charge in [0, 0.05) is 24.0 Å². The number of halogens is 2. The Labute approximate surface area is 126 Å². The lowest BCUT2D eigenvalue weighted by atomic mass is 10.3. The minimum atomic E-state index is -3.77. The second-order valence-electron chi connectivity index (χ2n) is 4.07. The molecule has 0 bridgehead atoms. The molecule has 0 aliphatic rings. The molecule has 0 atom stereocenters. The molecule has 0 spiro atoms. The van der Waals surface area contributed by atoms with Crippen LogP contribution in [0.5, 0.6) is 0 Å². The third-order valence-corrected chi connectivity index (χ3v) is 4.84. The van der Waals surface area contributed by atoms with Crippen molar-refractivity contribution in [2.24, 2.45) is 0 Å². The van der Waals surface area contributed by atoms with E-state index in [4.69, 9.17) is 0 Å². The smallest absolute Gasteiger partial charge is 0.241 e. The normalized spacial score (nSPS) is 11.3. The van der Waals surface area contributed by atoms with Crippen molar-refractivity contribution in [1.82, 2.24) is 10.0 Å².